The van der Waals surface area contributed by atoms with Crippen molar-refractivity contribution >= 4 is 5.91 Å². The van der Waals surface area contributed by atoms with Crippen LogP contribution in [0.5, 0.6) is 0 Å². The van der Waals surface area contributed by atoms with E-state index in [0.717, 1.165) is 5.56 Å². The summed E-state index contributed by atoms with van der Waals surface area (Å²) in [6, 6.07) is 6.40. The summed E-state index contributed by atoms with van der Waals surface area (Å²) in [6.45, 7) is 1.56. The van der Waals surface area contributed by atoms with Gasteiger partial charge in [-0.15, -0.1) is 0 Å². The third kappa shape index (κ3) is 3.69. The molecule has 1 atom stereocenters. The topological polar surface area (TPSA) is 69.1 Å². The minimum Gasteiger partial charge on any atom is -0.342 e. The van der Waals surface area contributed by atoms with E-state index in [9.17, 15) is 9.18 Å². The molecule has 0 aromatic heterocycles. The molecule has 1 heterocycles. The smallest absolute Gasteiger partial charge is 0.222 e. The van der Waals surface area contributed by atoms with E-state index < -0.39 is 0 Å². The maximum Gasteiger partial charge on any atom is 0.222 e. The second kappa shape index (κ2) is 6.20. The van der Waals surface area contributed by atoms with Crippen molar-refractivity contribution in [2.75, 3.05) is 19.6 Å². The summed E-state index contributed by atoms with van der Waals surface area (Å²) in [4.78, 5) is 16.2. The van der Waals surface area contributed by atoms with Crippen LogP contribution >= 0.6 is 0 Å². The molecular weight excluding hydrogens is 247 g/mol. The quantitative estimate of drug-likeness (QED) is 0.456. The first-order valence-corrected chi connectivity index (χ1v) is 6.22. The normalized spacial score (nSPS) is 18.5. The number of hydrogen-bond acceptors (Lipinski definition) is 2. The maximum atomic E-state index is 13.0. The van der Waals surface area contributed by atoms with Crippen molar-refractivity contribution in [1.29, 1.82) is 0 Å². The summed E-state index contributed by atoms with van der Waals surface area (Å²) in [6.07, 6.45) is 1.07. The molecular formula is C13H15FN4O. The number of nitrogens with zero attached hydrogens (tertiary/aromatic N) is 4. The van der Waals surface area contributed by atoms with Crippen molar-refractivity contribution in [2.24, 2.45) is 11.0 Å². The van der Waals surface area contributed by atoms with E-state index in [1.165, 1.54) is 12.1 Å². The molecule has 0 bridgehead atoms. The highest BCUT2D eigenvalue weighted by Gasteiger charge is 2.28. The van der Waals surface area contributed by atoms with Gasteiger partial charge < -0.3 is 4.90 Å². The lowest BCUT2D eigenvalue weighted by atomic mass is 10.1. The van der Waals surface area contributed by atoms with Gasteiger partial charge in [-0.2, -0.15) is 0 Å². The Morgan fingerprint density at radius 3 is 3.11 bits per heavy atom. The molecule has 0 aliphatic carbocycles. The second-order valence-corrected chi connectivity index (χ2v) is 4.70. The van der Waals surface area contributed by atoms with Crippen molar-refractivity contribution in [3.05, 3.63) is 46.1 Å². The average Bonchev–Trinajstić information content (AvgIpc) is 2.75. The lowest BCUT2D eigenvalue weighted by molar-refractivity contribution is -0.127. The highest BCUT2D eigenvalue weighted by molar-refractivity contribution is 5.78. The fourth-order valence-electron chi connectivity index (χ4n) is 2.30. The van der Waals surface area contributed by atoms with Crippen LogP contribution in [0.3, 0.4) is 0 Å². The number of azide groups is 1. The highest BCUT2D eigenvalue weighted by Crippen LogP contribution is 2.18. The van der Waals surface area contributed by atoms with Crippen molar-refractivity contribution in [2.45, 2.75) is 12.8 Å². The van der Waals surface area contributed by atoms with E-state index in [-0.39, 0.29) is 17.6 Å². The molecule has 1 amide bonds. The third-order valence-electron chi connectivity index (χ3n) is 3.26. The number of likely N-dealkylation sites (tertiary alicyclic amines) is 1. The van der Waals surface area contributed by atoms with Gasteiger partial charge in [0.2, 0.25) is 5.91 Å². The molecule has 0 saturated carbocycles. The molecule has 100 valence electrons. The van der Waals surface area contributed by atoms with E-state index in [2.05, 4.69) is 10.0 Å². The molecule has 0 radical (unpaired) electrons. The Kier molecular flexibility index (Phi) is 4.36. The fraction of sp³-hybridized carbons (Fsp3) is 0.462. The van der Waals surface area contributed by atoms with Gasteiger partial charge in [0.25, 0.3) is 0 Å². The summed E-state index contributed by atoms with van der Waals surface area (Å²) in [7, 11) is 0. The maximum absolute atomic E-state index is 13.0. The predicted octanol–water partition coefficient (Wildman–Crippen LogP) is 2.53. The lowest BCUT2D eigenvalue weighted by Crippen LogP contribution is -2.27. The van der Waals surface area contributed by atoms with Gasteiger partial charge in [-0.3, -0.25) is 4.79 Å². The first-order chi connectivity index (χ1) is 9.19. The fourth-order valence-corrected chi connectivity index (χ4v) is 2.30. The summed E-state index contributed by atoms with van der Waals surface area (Å²) in [5.74, 6) is -0.0723. The molecule has 1 fully saturated rings. The van der Waals surface area contributed by atoms with Crippen LogP contribution in [0.2, 0.25) is 0 Å². The van der Waals surface area contributed by atoms with E-state index in [0.29, 0.717) is 32.5 Å². The number of benzene rings is 1. The van der Waals surface area contributed by atoms with Crippen LogP contribution in [0.1, 0.15) is 12.0 Å². The standard InChI is InChI=1S/C13H15FN4O/c14-12-3-1-2-10(6-12)4-5-18-9-11(7-13(18)19)8-16-17-15/h1-3,6,11H,4-5,7-9H2. The molecule has 1 aromatic rings. The van der Waals surface area contributed by atoms with Crippen LogP contribution in [-0.2, 0) is 11.2 Å². The molecule has 1 saturated heterocycles. The van der Waals surface area contributed by atoms with Crippen molar-refractivity contribution < 1.29 is 9.18 Å². The van der Waals surface area contributed by atoms with Gasteiger partial charge in [-0.1, -0.05) is 17.2 Å². The predicted molar refractivity (Wildman–Crippen MR) is 68.8 cm³/mol. The highest BCUT2D eigenvalue weighted by atomic mass is 19.1. The van der Waals surface area contributed by atoms with Gasteiger partial charge in [0, 0.05) is 31.0 Å². The number of hydrogen-bond donors (Lipinski definition) is 0. The first-order valence-electron chi connectivity index (χ1n) is 6.22. The SMILES string of the molecule is [N-]=[N+]=NCC1CC(=O)N(CCc2cccc(F)c2)C1. The van der Waals surface area contributed by atoms with Gasteiger partial charge in [0.1, 0.15) is 5.82 Å². The molecule has 1 aliphatic heterocycles. The van der Waals surface area contributed by atoms with Crippen LogP contribution in [0.15, 0.2) is 29.4 Å². The van der Waals surface area contributed by atoms with E-state index in [1.807, 2.05) is 6.07 Å². The lowest BCUT2D eigenvalue weighted by Gasteiger charge is -2.16. The number of rotatable bonds is 5. The Morgan fingerprint density at radius 2 is 2.37 bits per heavy atom. The summed E-state index contributed by atoms with van der Waals surface area (Å²) >= 11 is 0. The number of amides is 1. The summed E-state index contributed by atoms with van der Waals surface area (Å²) in [5.41, 5.74) is 9.14. The number of halogens is 1. The molecule has 1 unspecified atom stereocenters. The monoisotopic (exact) mass is 262 g/mol. The Balaban J connectivity index is 1.86. The third-order valence-corrected chi connectivity index (χ3v) is 3.26. The largest absolute Gasteiger partial charge is 0.342 e. The zero-order valence-corrected chi connectivity index (χ0v) is 10.5. The second-order valence-electron chi connectivity index (χ2n) is 4.70. The van der Waals surface area contributed by atoms with E-state index in [4.69, 9.17) is 5.53 Å². The molecule has 5 nitrogen and oxygen atoms in total. The van der Waals surface area contributed by atoms with Crippen LogP contribution in [-0.4, -0.2) is 30.4 Å². The van der Waals surface area contributed by atoms with Crippen molar-refractivity contribution in [3.63, 3.8) is 0 Å². The van der Waals surface area contributed by atoms with Gasteiger partial charge in [-0.25, -0.2) is 4.39 Å². The van der Waals surface area contributed by atoms with Crippen molar-refractivity contribution in [1.82, 2.24) is 4.90 Å². The summed E-state index contributed by atoms with van der Waals surface area (Å²) in [5, 5.41) is 3.50. The first kappa shape index (κ1) is 13.4. The summed E-state index contributed by atoms with van der Waals surface area (Å²) < 4.78 is 13.0. The molecule has 19 heavy (non-hydrogen) atoms. The van der Waals surface area contributed by atoms with Gasteiger partial charge in [-0.05, 0) is 35.6 Å². The molecule has 0 spiro atoms. The Bertz CT molecular complexity index is 513. The molecule has 1 aliphatic rings. The minimum absolute atomic E-state index is 0.0783. The molecule has 0 N–H and O–H groups in total. The zero-order chi connectivity index (χ0) is 13.7. The van der Waals surface area contributed by atoms with E-state index >= 15 is 0 Å². The van der Waals surface area contributed by atoms with Gasteiger partial charge in [0.15, 0.2) is 0 Å². The molecule has 1 aromatic carbocycles. The zero-order valence-electron chi connectivity index (χ0n) is 10.5. The van der Waals surface area contributed by atoms with Gasteiger partial charge >= 0.3 is 0 Å². The van der Waals surface area contributed by atoms with Crippen LogP contribution in [0.25, 0.3) is 10.4 Å². The average molecular weight is 262 g/mol. The number of carbonyl (C=O) groups is 1. The van der Waals surface area contributed by atoms with Crippen LogP contribution in [0, 0.1) is 11.7 Å². The molecule has 6 heteroatoms. The molecule has 2 rings (SSSR count). The van der Waals surface area contributed by atoms with Crippen molar-refractivity contribution in [3.8, 4) is 0 Å². The Hall–Kier alpha value is -2.07. The minimum atomic E-state index is -0.258. The number of carbonyl (C=O) groups excluding carboxylic acids is 1. The van der Waals surface area contributed by atoms with E-state index in [1.54, 1.807) is 11.0 Å². The Labute approximate surface area is 110 Å². The van der Waals surface area contributed by atoms with Crippen LogP contribution < -0.4 is 0 Å². The van der Waals surface area contributed by atoms with Crippen LogP contribution in [0.4, 0.5) is 4.39 Å². The van der Waals surface area contributed by atoms with Gasteiger partial charge in [0.05, 0.1) is 0 Å². The Morgan fingerprint density at radius 1 is 1.53 bits per heavy atom.